The minimum absolute atomic E-state index is 0.196. The molecule has 0 bridgehead atoms. The van der Waals surface area contributed by atoms with E-state index < -0.39 is 0 Å². The van der Waals surface area contributed by atoms with Crippen molar-refractivity contribution >= 4 is 0 Å². The number of rotatable bonds is 6. The number of aliphatic hydroxyl groups is 1. The molecule has 2 N–H and O–H groups in total. The Kier molecular flexibility index (Phi) is 5.50. The van der Waals surface area contributed by atoms with Crippen LogP contribution in [0.3, 0.4) is 0 Å². The quantitative estimate of drug-likeness (QED) is 0.773. The van der Waals surface area contributed by atoms with Gasteiger partial charge in [-0.3, -0.25) is 0 Å². The third-order valence-corrected chi connectivity index (χ3v) is 3.18. The molecule has 2 nitrogen and oxygen atoms in total. The van der Waals surface area contributed by atoms with Crippen LogP contribution >= 0.6 is 0 Å². The highest BCUT2D eigenvalue weighted by Crippen LogP contribution is 2.14. The Morgan fingerprint density at radius 1 is 1.12 bits per heavy atom. The fraction of sp³-hybridized carbons (Fsp3) is 0.571. The number of nitrogens with one attached hydrogen (secondary N) is 1. The average molecular weight is 221 g/mol. The van der Waals surface area contributed by atoms with Crippen LogP contribution < -0.4 is 5.32 Å². The Morgan fingerprint density at radius 3 is 2.25 bits per heavy atom. The molecule has 1 aromatic rings. The second-order valence-electron chi connectivity index (χ2n) is 4.73. The van der Waals surface area contributed by atoms with Gasteiger partial charge >= 0.3 is 0 Å². The predicted octanol–water partition coefficient (Wildman–Crippen LogP) is 2.40. The molecule has 0 heterocycles. The first-order valence-corrected chi connectivity index (χ1v) is 6.04. The van der Waals surface area contributed by atoms with Crippen LogP contribution in [-0.4, -0.2) is 24.3 Å². The van der Waals surface area contributed by atoms with Gasteiger partial charge in [-0.1, -0.05) is 44.2 Å². The van der Waals surface area contributed by atoms with Gasteiger partial charge < -0.3 is 10.4 Å². The van der Waals surface area contributed by atoms with E-state index in [0.29, 0.717) is 12.0 Å². The van der Waals surface area contributed by atoms with E-state index >= 15 is 0 Å². The third-order valence-electron chi connectivity index (χ3n) is 3.18. The van der Waals surface area contributed by atoms with Crippen molar-refractivity contribution in [2.45, 2.75) is 32.7 Å². The summed E-state index contributed by atoms with van der Waals surface area (Å²) in [7, 11) is 0. The topological polar surface area (TPSA) is 32.3 Å². The zero-order chi connectivity index (χ0) is 12.0. The van der Waals surface area contributed by atoms with Crippen LogP contribution in [0, 0.1) is 5.92 Å². The summed E-state index contributed by atoms with van der Waals surface area (Å²) in [6, 6.07) is 10.7. The minimum Gasteiger partial charge on any atom is -0.396 e. The second kappa shape index (κ2) is 6.66. The van der Waals surface area contributed by atoms with Gasteiger partial charge in [0.25, 0.3) is 0 Å². The molecule has 0 fully saturated rings. The Morgan fingerprint density at radius 2 is 1.75 bits per heavy atom. The standard InChI is InChI=1S/C14H23NO/c1-11(2)12(3)15-9-14(10-16)13-7-5-4-6-8-13/h4-8,11-12,14-16H,9-10H2,1-3H3. The van der Waals surface area contributed by atoms with Gasteiger partial charge in [0.05, 0.1) is 6.61 Å². The van der Waals surface area contributed by atoms with Crippen LogP contribution in [0.25, 0.3) is 0 Å². The average Bonchev–Trinajstić information content (AvgIpc) is 2.30. The van der Waals surface area contributed by atoms with Crippen LogP contribution in [-0.2, 0) is 0 Å². The second-order valence-corrected chi connectivity index (χ2v) is 4.73. The van der Waals surface area contributed by atoms with Crippen molar-refractivity contribution in [2.24, 2.45) is 5.92 Å². The molecule has 16 heavy (non-hydrogen) atoms. The van der Waals surface area contributed by atoms with Crippen molar-refractivity contribution in [3.63, 3.8) is 0 Å². The molecule has 0 saturated carbocycles. The van der Waals surface area contributed by atoms with Gasteiger partial charge in [0.1, 0.15) is 0 Å². The fourth-order valence-corrected chi connectivity index (χ4v) is 1.58. The highest BCUT2D eigenvalue weighted by Gasteiger charge is 2.12. The SMILES string of the molecule is CC(C)C(C)NCC(CO)c1ccccc1. The van der Waals surface area contributed by atoms with Gasteiger partial charge in [-0.15, -0.1) is 0 Å². The summed E-state index contributed by atoms with van der Waals surface area (Å²) >= 11 is 0. The van der Waals surface area contributed by atoms with Gasteiger partial charge in [-0.2, -0.15) is 0 Å². The lowest BCUT2D eigenvalue weighted by Gasteiger charge is -2.21. The Balaban J connectivity index is 2.50. The minimum atomic E-state index is 0.196. The zero-order valence-corrected chi connectivity index (χ0v) is 10.5. The van der Waals surface area contributed by atoms with Crippen molar-refractivity contribution in [2.75, 3.05) is 13.2 Å². The molecule has 0 saturated heterocycles. The summed E-state index contributed by atoms with van der Waals surface area (Å²) in [5, 5.41) is 12.9. The highest BCUT2D eigenvalue weighted by atomic mass is 16.3. The van der Waals surface area contributed by atoms with Gasteiger partial charge in [-0.05, 0) is 18.4 Å². The Bertz CT molecular complexity index is 284. The summed E-state index contributed by atoms with van der Waals surface area (Å²) in [6.45, 7) is 7.62. The molecule has 0 aliphatic heterocycles. The number of benzene rings is 1. The maximum absolute atomic E-state index is 9.39. The fourth-order valence-electron chi connectivity index (χ4n) is 1.58. The van der Waals surface area contributed by atoms with E-state index in [4.69, 9.17) is 0 Å². The van der Waals surface area contributed by atoms with Crippen LogP contribution in [0.15, 0.2) is 30.3 Å². The molecule has 0 aliphatic carbocycles. The molecule has 2 heteroatoms. The molecular weight excluding hydrogens is 198 g/mol. The molecule has 0 spiro atoms. The van der Waals surface area contributed by atoms with E-state index in [2.05, 4.69) is 38.2 Å². The number of hydrogen-bond donors (Lipinski definition) is 2. The Hall–Kier alpha value is -0.860. The molecule has 2 atom stereocenters. The predicted molar refractivity (Wildman–Crippen MR) is 68.6 cm³/mol. The molecule has 1 aromatic carbocycles. The van der Waals surface area contributed by atoms with Crippen LogP contribution in [0.2, 0.25) is 0 Å². The molecule has 90 valence electrons. The number of aliphatic hydroxyl groups excluding tert-OH is 1. The highest BCUT2D eigenvalue weighted by molar-refractivity contribution is 5.19. The Labute approximate surface area is 98.7 Å². The first-order valence-electron chi connectivity index (χ1n) is 6.04. The van der Waals surface area contributed by atoms with Gasteiger partial charge in [0, 0.05) is 18.5 Å². The summed E-state index contributed by atoms with van der Waals surface area (Å²) in [4.78, 5) is 0. The van der Waals surface area contributed by atoms with E-state index in [1.807, 2.05) is 18.2 Å². The van der Waals surface area contributed by atoms with Gasteiger partial charge in [0.15, 0.2) is 0 Å². The molecule has 0 aliphatic rings. The van der Waals surface area contributed by atoms with Crippen LogP contribution in [0.5, 0.6) is 0 Å². The number of hydrogen-bond acceptors (Lipinski definition) is 2. The first-order chi connectivity index (χ1) is 7.65. The van der Waals surface area contributed by atoms with Gasteiger partial charge in [0.2, 0.25) is 0 Å². The third kappa shape index (κ3) is 3.95. The van der Waals surface area contributed by atoms with E-state index in [1.165, 1.54) is 5.56 Å². The van der Waals surface area contributed by atoms with Crippen molar-refractivity contribution < 1.29 is 5.11 Å². The van der Waals surface area contributed by atoms with E-state index in [1.54, 1.807) is 0 Å². The summed E-state index contributed by atoms with van der Waals surface area (Å²) in [5.41, 5.74) is 1.20. The van der Waals surface area contributed by atoms with Crippen molar-refractivity contribution in [3.05, 3.63) is 35.9 Å². The lowest BCUT2D eigenvalue weighted by molar-refractivity contribution is 0.255. The lowest BCUT2D eigenvalue weighted by atomic mass is 9.98. The van der Waals surface area contributed by atoms with Crippen molar-refractivity contribution in [3.8, 4) is 0 Å². The largest absolute Gasteiger partial charge is 0.396 e. The van der Waals surface area contributed by atoms with E-state index in [0.717, 1.165) is 6.54 Å². The molecule has 2 unspecified atom stereocenters. The molecule has 0 aromatic heterocycles. The smallest absolute Gasteiger partial charge is 0.0511 e. The molecule has 0 amide bonds. The maximum Gasteiger partial charge on any atom is 0.0511 e. The summed E-state index contributed by atoms with van der Waals surface area (Å²) in [5.74, 6) is 0.817. The lowest BCUT2D eigenvalue weighted by Crippen LogP contribution is -2.35. The van der Waals surface area contributed by atoms with Gasteiger partial charge in [-0.25, -0.2) is 0 Å². The monoisotopic (exact) mass is 221 g/mol. The van der Waals surface area contributed by atoms with Crippen molar-refractivity contribution in [1.29, 1.82) is 0 Å². The van der Waals surface area contributed by atoms with E-state index in [-0.39, 0.29) is 12.5 Å². The molecule has 0 radical (unpaired) electrons. The molecule has 1 rings (SSSR count). The normalized spacial score (nSPS) is 15.1. The first kappa shape index (κ1) is 13.2. The van der Waals surface area contributed by atoms with Crippen LogP contribution in [0.1, 0.15) is 32.3 Å². The molecular formula is C14H23NO. The summed E-state index contributed by atoms with van der Waals surface area (Å²) < 4.78 is 0. The van der Waals surface area contributed by atoms with Crippen molar-refractivity contribution in [1.82, 2.24) is 5.32 Å². The maximum atomic E-state index is 9.39. The summed E-state index contributed by atoms with van der Waals surface area (Å²) in [6.07, 6.45) is 0. The zero-order valence-electron chi connectivity index (χ0n) is 10.5. The van der Waals surface area contributed by atoms with E-state index in [9.17, 15) is 5.11 Å². The van der Waals surface area contributed by atoms with Crippen LogP contribution in [0.4, 0.5) is 0 Å².